The van der Waals surface area contributed by atoms with Crippen LogP contribution in [0.1, 0.15) is 24.1 Å². The maximum atomic E-state index is 6.03. The van der Waals surface area contributed by atoms with Gasteiger partial charge < -0.3 is 10.1 Å². The second-order valence-electron chi connectivity index (χ2n) is 5.42. The molecule has 0 fully saturated rings. The Kier molecular flexibility index (Phi) is 5.02. The third-order valence-corrected chi connectivity index (χ3v) is 3.69. The van der Waals surface area contributed by atoms with Crippen LogP contribution in [0.5, 0.6) is 11.5 Å². The van der Waals surface area contributed by atoms with Gasteiger partial charge in [-0.2, -0.15) is 0 Å². The standard InChI is InChI=1S/C20H20N2O/c1-16(22-15-17-8-7-13-21-14-17)19-11-5-6-12-20(19)23-18-9-3-2-4-10-18/h2-14,16,22H,15H2,1H3. The number of pyridine rings is 1. The van der Waals surface area contributed by atoms with Crippen LogP contribution < -0.4 is 10.1 Å². The quantitative estimate of drug-likeness (QED) is 0.715. The Balaban J connectivity index is 1.71. The van der Waals surface area contributed by atoms with E-state index in [9.17, 15) is 0 Å². The Morgan fingerprint density at radius 2 is 1.74 bits per heavy atom. The molecule has 1 heterocycles. The van der Waals surface area contributed by atoms with Gasteiger partial charge in [-0.05, 0) is 36.8 Å². The largest absolute Gasteiger partial charge is 0.457 e. The number of nitrogens with zero attached hydrogens (tertiary/aromatic N) is 1. The van der Waals surface area contributed by atoms with Crippen molar-refractivity contribution in [2.24, 2.45) is 0 Å². The van der Waals surface area contributed by atoms with Crippen molar-refractivity contribution in [2.45, 2.75) is 19.5 Å². The summed E-state index contributed by atoms with van der Waals surface area (Å²) in [5, 5.41) is 3.52. The molecule has 0 saturated heterocycles. The van der Waals surface area contributed by atoms with Crippen molar-refractivity contribution in [3.63, 3.8) is 0 Å². The molecule has 0 amide bonds. The number of aromatic nitrogens is 1. The van der Waals surface area contributed by atoms with Gasteiger partial charge in [0.15, 0.2) is 0 Å². The number of ether oxygens (including phenoxy) is 1. The van der Waals surface area contributed by atoms with Crippen molar-refractivity contribution in [1.82, 2.24) is 10.3 Å². The molecule has 0 spiro atoms. The molecule has 3 nitrogen and oxygen atoms in total. The summed E-state index contributed by atoms with van der Waals surface area (Å²) in [6.45, 7) is 2.91. The fraction of sp³-hybridized carbons (Fsp3) is 0.150. The van der Waals surface area contributed by atoms with Crippen LogP contribution in [-0.2, 0) is 6.54 Å². The highest BCUT2D eigenvalue weighted by Crippen LogP contribution is 2.29. The number of rotatable bonds is 6. The van der Waals surface area contributed by atoms with E-state index in [0.29, 0.717) is 0 Å². The van der Waals surface area contributed by atoms with Crippen LogP contribution in [0.25, 0.3) is 0 Å². The van der Waals surface area contributed by atoms with Gasteiger partial charge >= 0.3 is 0 Å². The second kappa shape index (κ2) is 7.56. The fourth-order valence-electron chi connectivity index (χ4n) is 2.43. The first-order chi connectivity index (χ1) is 11.3. The predicted molar refractivity (Wildman–Crippen MR) is 92.4 cm³/mol. The molecule has 2 aromatic carbocycles. The van der Waals surface area contributed by atoms with E-state index in [-0.39, 0.29) is 6.04 Å². The van der Waals surface area contributed by atoms with Gasteiger partial charge in [0.25, 0.3) is 0 Å². The van der Waals surface area contributed by atoms with Gasteiger partial charge in [0.2, 0.25) is 0 Å². The van der Waals surface area contributed by atoms with E-state index >= 15 is 0 Å². The molecule has 0 bridgehead atoms. The molecule has 116 valence electrons. The molecule has 1 atom stereocenters. The molecular weight excluding hydrogens is 284 g/mol. The van der Waals surface area contributed by atoms with Gasteiger partial charge in [-0.3, -0.25) is 4.98 Å². The zero-order valence-corrected chi connectivity index (χ0v) is 13.1. The van der Waals surface area contributed by atoms with Gasteiger partial charge in [0, 0.05) is 30.5 Å². The molecule has 1 unspecified atom stereocenters. The van der Waals surface area contributed by atoms with Crippen LogP contribution in [0.2, 0.25) is 0 Å². The zero-order valence-electron chi connectivity index (χ0n) is 13.1. The molecule has 3 rings (SSSR count). The lowest BCUT2D eigenvalue weighted by molar-refractivity contribution is 0.460. The van der Waals surface area contributed by atoms with Crippen molar-refractivity contribution in [1.29, 1.82) is 0 Å². The number of nitrogens with one attached hydrogen (secondary N) is 1. The summed E-state index contributed by atoms with van der Waals surface area (Å²) in [4.78, 5) is 4.14. The van der Waals surface area contributed by atoms with Crippen LogP contribution in [0.4, 0.5) is 0 Å². The summed E-state index contributed by atoms with van der Waals surface area (Å²) in [6, 6.07) is 22.2. The van der Waals surface area contributed by atoms with Crippen molar-refractivity contribution in [3.05, 3.63) is 90.3 Å². The second-order valence-corrected chi connectivity index (χ2v) is 5.42. The monoisotopic (exact) mass is 304 g/mol. The molecule has 0 aliphatic heterocycles. The van der Waals surface area contributed by atoms with Gasteiger partial charge in [-0.25, -0.2) is 0 Å². The smallest absolute Gasteiger partial charge is 0.132 e. The first-order valence-electron chi connectivity index (χ1n) is 7.77. The number of benzene rings is 2. The van der Waals surface area contributed by atoms with E-state index in [1.807, 2.05) is 60.8 Å². The van der Waals surface area contributed by atoms with Crippen LogP contribution >= 0.6 is 0 Å². The molecule has 23 heavy (non-hydrogen) atoms. The predicted octanol–water partition coefficient (Wildman–Crippen LogP) is 4.72. The Morgan fingerprint density at radius 1 is 0.957 bits per heavy atom. The van der Waals surface area contributed by atoms with E-state index < -0.39 is 0 Å². The average Bonchev–Trinajstić information content (AvgIpc) is 2.62. The topological polar surface area (TPSA) is 34.2 Å². The van der Waals surface area contributed by atoms with E-state index in [2.05, 4.69) is 29.4 Å². The van der Waals surface area contributed by atoms with Crippen LogP contribution in [0, 0.1) is 0 Å². The molecule has 3 heteroatoms. The summed E-state index contributed by atoms with van der Waals surface area (Å²) >= 11 is 0. The number of para-hydroxylation sites is 2. The van der Waals surface area contributed by atoms with Gasteiger partial charge in [-0.1, -0.05) is 42.5 Å². The maximum Gasteiger partial charge on any atom is 0.132 e. The first-order valence-corrected chi connectivity index (χ1v) is 7.77. The van der Waals surface area contributed by atoms with Gasteiger partial charge in [-0.15, -0.1) is 0 Å². The summed E-state index contributed by atoms with van der Waals surface area (Å²) in [5.41, 5.74) is 2.31. The minimum absolute atomic E-state index is 0.176. The lowest BCUT2D eigenvalue weighted by Gasteiger charge is -2.18. The lowest BCUT2D eigenvalue weighted by Crippen LogP contribution is -2.18. The Morgan fingerprint density at radius 3 is 2.52 bits per heavy atom. The van der Waals surface area contributed by atoms with E-state index in [1.165, 1.54) is 5.56 Å². The molecule has 0 saturated carbocycles. The van der Waals surface area contributed by atoms with Crippen molar-refractivity contribution in [2.75, 3.05) is 0 Å². The van der Waals surface area contributed by atoms with Crippen LogP contribution in [0.15, 0.2) is 79.1 Å². The van der Waals surface area contributed by atoms with Crippen LogP contribution in [0.3, 0.4) is 0 Å². The van der Waals surface area contributed by atoms with Crippen molar-refractivity contribution < 1.29 is 4.74 Å². The normalized spacial score (nSPS) is 11.9. The Hall–Kier alpha value is -2.65. The average molecular weight is 304 g/mol. The first kappa shape index (κ1) is 15.3. The van der Waals surface area contributed by atoms with E-state index in [1.54, 1.807) is 6.20 Å². The van der Waals surface area contributed by atoms with Crippen LogP contribution in [-0.4, -0.2) is 4.98 Å². The highest BCUT2D eigenvalue weighted by molar-refractivity contribution is 5.39. The summed E-state index contributed by atoms with van der Waals surface area (Å²) in [5.74, 6) is 1.73. The van der Waals surface area contributed by atoms with Gasteiger partial charge in [0.05, 0.1) is 0 Å². The Labute approximate surface area is 137 Å². The molecular formula is C20H20N2O. The van der Waals surface area contributed by atoms with Crippen molar-refractivity contribution >= 4 is 0 Å². The number of hydrogen-bond acceptors (Lipinski definition) is 3. The summed E-state index contributed by atoms with van der Waals surface area (Å²) in [6.07, 6.45) is 3.67. The molecule has 3 aromatic rings. The van der Waals surface area contributed by atoms with Gasteiger partial charge in [0.1, 0.15) is 11.5 Å². The molecule has 1 aromatic heterocycles. The molecule has 0 aliphatic carbocycles. The molecule has 0 radical (unpaired) electrons. The fourth-order valence-corrected chi connectivity index (χ4v) is 2.43. The minimum Gasteiger partial charge on any atom is -0.457 e. The highest BCUT2D eigenvalue weighted by atomic mass is 16.5. The molecule has 0 aliphatic rings. The maximum absolute atomic E-state index is 6.03. The zero-order chi connectivity index (χ0) is 15.9. The van der Waals surface area contributed by atoms with E-state index in [4.69, 9.17) is 4.74 Å². The molecule has 1 N–H and O–H groups in total. The third kappa shape index (κ3) is 4.18. The number of hydrogen-bond donors (Lipinski definition) is 1. The summed E-state index contributed by atoms with van der Waals surface area (Å²) < 4.78 is 6.03. The van der Waals surface area contributed by atoms with E-state index in [0.717, 1.165) is 23.6 Å². The third-order valence-electron chi connectivity index (χ3n) is 3.69. The Bertz CT molecular complexity index is 729. The minimum atomic E-state index is 0.176. The van der Waals surface area contributed by atoms with Crippen molar-refractivity contribution in [3.8, 4) is 11.5 Å². The summed E-state index contributed by atoms with van der Waals surface area (Å²) in [7, 11) is 0. The highest BCUT2D eigenvalue weighted by Gasteiger charge is 2.11. The lowest BCUT2D eigenvalue weighted by atomic mass is 10.1. The SMILES string of the molecule is CC(NCc1cccnc1)c1ccccc1Oc1ccccc1.